The van der Waals surface area contributed by atoms with Crippen LogP contribution in [-0.4, -0.2) is 38.0 Å². The van der Waals surface area contributed by atoms with Gasteiger partial charge in [-0.3, -0.25) is 14.4 Å². The molecule has 0 radical (unpaired) electrons. The van der Waals surface area contributed by atoms with Crippen molar-refractivity contribution >= 4 is 17.7 Å². The smallest absolute Gasteiger partial charge is 0.320 e. The Kier molecular flexibility index (Phi) is 5.59. The molecule has 0 saturated heterocycles. The normalized spacial score (nSPS) is 19.4. The van der Waals surface area contributed by atoms with Crippen LogP contribution in [0.15, 0.2) is 18.2 Å². The predicted molar refractivity (Wildman–Crippen MR) is 86.0 cm³/mol. The number of hydrogen-bond acceptors (Lipinski definition) is 6. The SMILES string of the molecule is CCOC(=O)CC1(C(=O)OCC)CCc2c(OC)cccc2C1=O. The van der Waals surface area contributed by atoms with Gasteiger partial charge >= 0.3 is 11.9 Å². The molecule has 1 aliphatic rings. The van der Waals surface area contributed by atoms with Crippen molar-refractivity contribution in [3.8, 4) is 5.75 Å². The van der Waals surface area contributed by atoms with Gasteiger partial charge in [-0.15, -0.1) is 0 Å². The van der Waals surface area contributed by atoms with E-state index in [1.54, 1.807) is 32.0 Å². The third kappa shape index (κ3) is 3.13. The van der Waals surface area contributed by atoms with Crippen LogP contribution in [0, 0.1) is 5.41 Å². The lowest BCUT2D eigenvalue weighted by atomic mass is 9.68. The van der Waals surface area contributed by atoms with E-state index in [1.807, 2.05) is 0 Å². The third-order valence-electron chi connectivity index (χ3n) is 4.25. The molecule has 6 nitrogen and oxygen atoms in total. The number of carbonyl (C=O) groups is 3. The largest absolute Gasteiger partial charge is 0.496 e. The molecule has 130 valence electrons. The molecule has 1 atom stereocenters. The van der Waals surface area contributed by atoms with Crippen LogP contribution >= 0.6 is 0 Å². The number of rotatable bonds is 6. The summed E-state index contributed by atoms with van der Waals surface area (Å²) < 4.78 is 15.4. The lowest BCUT2D eigenvalue weighted by Crippen LogP contribution is -2.46. The second-order valence-electron chi connectivity index (χ2n) is 5.60. The van der Waals surface area contributed by atoms with Crippen LogP contribution < -0.4 is 4.74 Å². The molecule has 0 bridgehead atoms. The average molecular weight is 334 g/mol. The number of ketones is 1. The molecule has 0 aromatic heterocycles. The van der Waals surface area contributed by atoms with Crippen LogP contribution in [0.25, 0.3) is 0 Å². The molecule has 0 N–H and O–H groups in total. The van der Waals surface area contributed by atoms with E-state index in [0.29, 0.717) is 17.7 Å². The van der Waals surface area contributed by atoms with Crippen molar-refractivity contribution < 1.29 is 28.6 Å². The number of carbonyl (C=O) groups excluding carboxylic acids is 3. The Morgan fingerprint density at radius 2 is 1.88 bits per heavy atom. The molecular weight excluding hydrogens is 312 g/mol. The average Bonchev–Trinajstić information content (AvgIpc) is 2.57. The van der Waals surface area contributed by atoms with E-state index in [9.17, 15) is 14.4 Å². The molecule has 0 fully saturated rings. The van der Waals surface area contributed by atoms with Crippen molar-refractivity contribution in [1.82, 2.24) is 0 Å². The molecule has 0 spiro atoms. The van der Waals surface area contributed by atoms with Gasteiger partial charge in [0, 0.05) is 11.1 Å². The molecule has 1 unspecified atom stereocenters. The topological polar surface area (TPSA) is 78.9 Å². The molecule has 1 aromatic rings. The van der Waals surface area contributed by atoms with Gasteiger partial charge < -0.3 is 14.2 Å². The van der Waals surface area contributed by atoms with E-state index in [-0.39, 0.29) is 26.1 Å². The zero-order valence-electron chi connectivity index (χ0n) is 14.2. The molecule has 0 heterocycles. The summed E-state index contributed by atoms with van der Waals surface area (Å²) in [5.74, 6) is -1.05. The zero-order chi connectivity index (χ0) is 17.7. The van der Waals surface area contributed by atoms with Crippen LogP contribution in [-0.2, 0) is 25.5 Å². The number of methoxy groups -OCH3 is 1. The number of Topliss-reactive ketones (excluding diaryl/α,β-unsaturated/α-hetero) is 1. The Labute approximate surface area is 141 Å². The highest BCUT2D eigenvalue weighted by Gasteiger charge is 2.52. The fourth-order valence-electron chi connectivity index (χ4n) is 3.10. The van der Waals surface area contributed by atoms with Crippen molar-refractivity contribution in [2.75, 3.05) is 20.3 Å². The van der Waals surface area contributed by atoms with Gasteiger partial charge in [0.05, 0.1) is 26.7 Å². The summed E-state index contributed by atoms with van der Waals surface area (Å²) in [7, 11) is 1.53. The molecule has 1 aliphatic carbocycles. The van der Waals surface area contributed by atoms with Crippen molar-refractivity contribution in [3.05, 3.63) is 29.3 Å². The van der Waals surface area contributed by atoms with Crippen LogP contribution in [0.3, 0.4) is 0 Å². The first-order valence-electron chi connectivity index (χ1n) is 8.03. The maximum atomic E-state index is 13.1. The van der Waals surface area contributed by atoms with Gasteiger partial charge in [-0.2, -0.15) is 0 Å². The Balaban J connectivity index is 2.46. The van der Waals surface area contributed by atoms with Crippen molar-refractivity contribution in [2.45, 2.75) is 33.1 Å². The number of esters is 2. The van der Waals surface area contributed by atoms with Crippen molar-refractivity contribution in [2.24, 2.45) is 5.41 Å². The maximum Gasteiger partial charge on any atom is 0.320 e. The van der Waals surface area contributed by atoms with Gasteiger partial charge in [0.1, 0.15) is 11.2 Å². The second-order valence-corrected chi connectivity index (χ2v) is 5.60. The van der Waals surface area contributed by atoms with Crippen LogP contribution in [0.5, 0.6) is 5.75 Å². The van der Waals surface area contributed by atoms with Crippen LogP contribution in [0.1, 0.15) is 42.6 Å². The van der Waals surface area contributed by atoms with Crippen LogP contribution in [0.4, 0.5) is 0 Å². The monoisotopic (exact) mass is 334 g/mol. The highest BCUT2D eigenvalue weighted by atomic mass is 16.5. The Hall–Kier alpha value is -2.37. The number of hydrogen-bond donors (Lipinski definition) is 0. The van der Waals surface area contributed by atoms with Gasteiger partial charge in [0.15, 0.2) is 5.78 Å². The minimum Gasteiger partial charge on any atom is -0.496 e. The number of fused-ring (bicyclic) bond motifs is 1. The highest BCUT2D eigenvalue weighted by molar-refractivity contribution is 6.15. The Bertz CT molecular complexity index is 651. The van der Waals surface area contributed by atoms with E-state index in [1.165, 1.54) is 7.11 Å². The summed E-state index contributed by atoms with van der Waals surface area (Å²) in [5, 5.41) is 0. The molecule has 0 amide bonds. The molecule has 0 saturated carbocycles. The molecule has 0 aliphatic heterocycles. The van der Waals surface area contributed by atoms with Crippen LogP contribution in [0.2, 0.25) is 0 Å². The summed E-state index contributed by atoms with van der Waals surface area (Å²) >= 11 is 0. The van der Waals surface area contributed by atoms with E-state index in [2.05, 4.69) is 0 Å². The number of ether oxygens (including phenoxy) is 3. The first-order chi connectivity index (χ1) is 11.5. The molecule has 2 rings (SSSR count). The molecule has 24 heavy (non-hydrogen) atoms. The fraction of sp³-hybridized carbons (Fsp3) is 0.500. The summed E-state index contributed by atoms with van der Waals surface area (Å²) in [6.07, 6.45) is 0.329. The first-order valence-corrected chi connectivity index (χ1v) is 8.03. The van der Waals surface area contributed by atoms with E-state index in [4.69, 9.17) is 14.2 Å². The standard InChI is InChI=1S/C18H22O6/c1-4-23-15(19)11-18(17(21)24-5-2)10-9-12-13(16(18)20)7-6-8-14(12)22-3/h6-8H,4-5,9-11H2,1-3H3. The Morgan fingerprint density at radius 3 is 2.50 bits per heavy atom. The van der Waals surface area contributed by atoms with Crippen molar-refractivity contribution in [1.29, 1.82) is 0 Å². The lowest BCUT2D eigenvalue weighted by molar-refractivity contribution is -0.159. The highest BCUT2D eigenvalue weighted by Crippen LogP contribution is 2.42. The summed E-state index contributed by atoms with van der Waals surface area (Å²) in [6, 6.07) is 5.12. The molecule has 6 heteroatoms. The van der Waals surface area contributed by atoms with Gasteiger partial charge in [-0.05, 0) is 32.8 Å². The summed E-state index contributed by atoms with van der Waals surface area (Å²) in [6.45, 7) is 3.68. The lowest BCUT2D eigenvalue weighted by Gasteiger charge is -2.34. The first kappa shape index (κ1) is 18.0. The van der Waals surface area contributed by atoms with E-state index < -0.39 is 23.1 Å². The van der Waals surface area contributed by atoms with Gasteiger partial charge in [-0.1, -0.05) is 12.1 Å². The predicted octanol–water partition coefficient (Wildman–Crippen LogP) is 2.33. The van der Waals surface area contributed by atoms with Gasteiger partial charge in [0.25, 0.3) is 0 Å². The Morgan fingerprint density at radius 1 is 1.17 bits per heavy atom. The second kappa shape index (κ2) is 7.47. The molecule has 1 aromatic carbocycles. The maximum absolute atomic E-state index is 13.1. The minimum absolute atomic E-state index is 0.141. The molecular formula is C18H22O6. The van der Waals surface area contributed by atoms with E-state index in [0.717, 1.165) is 5.56 Å². The third-order valence-corrected chi connectivity index (χ3v) is 4.25. The quantitative estimate of drug-likeness (QED) is 0.587. The zero-order valence-corrected chi connectivity index (χ0v) is 14.2. The fourth-order valence-corrected chi connectivity index (χ4v) is 3.10. The van der Waals surface area contributed by atoms with Crippen molar-refractivity contribution in [3.63, 3.8) is 0 Å². The number of benzene rings is 1. The summed E-state index contributed by atoms with van der Waals surface area (Å²) in [4.78, 5) is 37.7. The van der Waals surface area contributed by atoms with E-state index >= 15 is 0 Å². The minimum atomic E-state index is -1.53. The van der Waals surface area contributed by atoms with Gasteiger partial charge in [-0.25, -0.2) is 0 Å². The summed E-state index contributed by atoms with van der Waals surface area (Å²) in [5.41, 5.74) is -0.367. The van der Waals surface area contributed by atoms with Gasteiger partial charge in [0.2, 0.25) is 0 Å².